The molecule has 0 atom stereocenters. The van der Waals surface area contributed by atoms with Gasteiger partial charge >= 0.3 is 5.97 Å². The van der Waals surface area contributed by atoms with E-state index in [0.717, 1.165) is 16.9 Å². The molecule has 24 heavy (non-hydrogen) atoms. The first kappa shape index (κ1) is 16.3. The van der Waals surface area contributed by atoms with Gasteiger partial charge in [-0.2, -0.15) is 0 Å². The Kier molecular flexibility index (Phi) is 4.98. The van der Waals surface area contributed by atoms with Gasteiger partial charge in [-0.05, 0) is 30.3 Å². The molecule has 0 aliphatic carbocycles. The molecule has 5 nitrogen and oxygen atoms in total. The number of carbonyl (C=O) groups excluding carboxylic acids is 2. The summed E-state index contributed by atoms with van der Waals surface area (Å²) in [5.74, 6) is -0.650. The van der Waals surface area contributed by atoms with E-state index >= 15 is 0 Å². The molecule has 1 N–H and O–H groups in total. The molecule has 3 aromatic rings. The molecular weight excluding hydrogens is 350 g/mol. The summed E-state index contributed by atoms with van der Waals surface area (Å²) in [7, 11) is 0. The number of thiophene rings is 1. The van der Waals surface area contributed by atoms with Gasteiger partial charge in [0.05, 0.1) is 11.3 Å². The third-order valence-corrected chi connectivity index (χ3v) is 4.45. The first-order chi connectivity index (χ1) is 11.6. The summed E-state index contributed by atoms with van der Waals surface area (Å²) in [5.41, 5.74) is 0.732. The number of ether oxygens (including phenoxy) is 1. The van der Waals surface area contributed by atoms with Crippen LogP contribution in [0.15, 0.2) is 59.2 Å². The maximum Gasteiger partial charge on any atom is 0.348 e. The number of esters is 1. The van der Waals surface area contributed by atoms with Crippen LogP contribution in [0.4, 0.5) is 5.00 Å². The lowest BCUT2D eigenvalue weighted by molar-refractivity contribution is 0.0478. The van der Waals surface area contributed by atoms with Gasteiger partial charge in [0.1, 0.15) is 11.5 Å². The van der Waals surface area contributed by atoms with Crippen molar-refractivity contribution in [2.24, 2.45) is 0 Å². The number of hydrogen-bond donors (Lipinski definition) is 1. The number of hydrogen-bond acceptors (Lipinski definition) is 5. The summed E-state index contributed by atoms with van der Waals surface area (Å²) in [5, 5.41) is 3.73. The van der Waals surface area contributed by atoms with Crippen molar-refractivity contribution < 1.29 is 18.7 Å². The van der Waals surface area contributed by atoms with E-state index in [1.54, 1.807) is 42.5 Å². The Hall–Kier alpha value is -2.57. The zero-order chi connectivity index (χ0) is 16.9. The van der Waals surface area contributed by atoms with Crippen LogP contribution in [0.2, 0.25) is 5.02 Å². The molecule has 2 heterocycles. The Labute approximate surface area is 146 Å². The van der Waals surface area contributed by atoms with Crippen molar-refractivity contribution in [1.82, 2.24) is 0 Å². The fourth-order valence-corrected chi connectivity index (χ4v) is 2.91. The molecular formula is C17H12ClNO4S. The normalized spacial score (nSPS) is 10.4. The molecule has 1 aromatic carbocycles. The monoisotopic (exact) mass is 361 g/mol. The van der Waals surface area contributed by atoms with Crippen LogP contribution in [0.25, 0.3) is 0 Å². The van der Waals surface area contributed by atoms with Crippen molar-refractivity contribution in [1.29, 1.82) is 0 Å². The highest BCUT2D eigenvalue weighted by Gasteiger charge is 2.14. The molecule has 0 unspecified atom stereocenters. The number of halogens is 1. The summed E-state index contributed by atoms with van der Waals surface area (Å²) in [6.45, 7) is 0.0878. The summed E-state index contributed by atoms with van der Waals surface area (Å²) in [4.78, 5) is 24.3. The van der Waals surface area contributed by atoms with Crippen molar-refractivity contribution in [2.75, 3.05) is 5.32 Å². The van der Waals surface area contributed by atoms with Gasteiger partial charge in [-0.25, -0.2) is 4.79 Å². The van der Waals surface area contributed by atoms with Gasteiger partial charge in [0.2, 0.25) is 0 Å². The van der Waals surface area contributed by atoms with Crippen LogP contribution < -0.4 is 5.32 Å². The van der Waals surface area contributed by atoms with Gasteiger partial charge in [0, 0.05) is 10.6 Å². The van der Waals surface area contributed by atoms with Gasteiger partial charge in [-0.3, -0.25) is 4.79 Å². The van der Waals surface area contributed by atoms with Crippen LogP contribution in [0.3, 0.4) is 0 Å². The number of rotatable bonds is 5. The number of furan rings is 1. The summed E-state index contributed by atoms with van der Waals surface area (Å²) < 4.78 is 10.3. The van der Waals surface area contributed by atoms with Gasteiger partial charge < -0.3 is 14.5 Å². The Bertz CT molecular complexity index is 857. The molecule has 0 radical (unpaired) electrons. The molecule has 3 rings (SSSR count). The maximum absolute atomic E-state index is 12.1. The lowest BCUT2D eigenvalue weighted by Crippen LogP contribution is -2.09. The second-order valence-electron chi connectivity index (χ2n) is 4.76. The fourth-order valence-electron chi connectivity index (χ4n) is 1.93. The zero-order valence-electron chi connectivity index (χ0n) is 12.3. The predicted octanol–water partition coefficient (Wildman–Crippen LogP) is 4.60. The van der Waals surface area contributed by atoms with E-state index in [9.17, 15) is 9.59 Å². The van der Waals surface area contributed by atoms with Crippen molar-refractivity contribution >= 4 is 39.8 Å². The molecule has 0 spiro atoms. The average molecular weight is 362 g/mol. The van der Waals surface area contributed by atoms with Crippen LogP contribution in [0.1, 0.15) is 25.8 Å². The van der Waals surface area contributed by atoms with Gasteiger partial charge in [-0.15, -0.1) is 11.3 Å². The number of benzene rings is 1. The fraction of sp³-hybridized carbons (Fsp3) is 0.0588. The smallest absolute Gasteiger partial charge is 0.348 e. The minimum atomic E-state index is -0.474. The minimum absolute atomic E-state index is 0.0878. The second kappa shape index (κ2) is 7.33. The third-order valence-electron chi connectivity index (χ3n) is 3.11. The number of amides is 1. The lowest BCUT2D eigenvalue weighted by atomic mass is 10.2. The van der Waals surface area contributed by atoms with E-state index in [0.29, 0.717) is 14.9 Å². The van der Waals surface area contributed by atoms with E-state index < -0.39 is 5.97 Å². The van der Waals surface area contributed by atoms with Gasteiger partial charge in [0.25, 0.3) is 5.91 Å². The highest BCUT2D eigenvalue weighted by Crippen LogP contribution is 2.24. The highest BCUT2D eigenvalue weighted by atomic mass is 35.5. The van der Waals surface area contributed by atoms with E-state index in [1.165, 1.54) is 6.26 Å². The third kappa shape index (κ3) is 3.84. The number of anilines is 1. The number of carbonyl (C=O) groups is 2. The SMILES string of the molecule is O=C(Nc1ccc(C(=O)OCc2ccccc2Cl)s1)c1ccco1. The van der Waals surface area contributed by atoms with Crippen LogP contribution in [-0.2, 0) is 11.3 Å². The zero-order valence-corrected chi connectivity index (χ0v) is 13.9. The van der Waals surface area contributed by atoms with E-state index in [1.807, 2.05) is 6.07 Å². The molecule has 7 heteroatoms. The van der Waals surface area contributed by atoms with E-state index in [-0.39, 0.29) is 18.3 Å². The summed E-state index contributed by atoms with van der Waals surface area (Å²) >= 11 is 7.14. The predicted molar refractivity (Wildman–Crippen MR) is 91.6 cm³/mol. The van der Waals surface area contributed by atoms with E-state index in [4.69, 9.17) is 20.8 Å². The molecule has 0 saturated carbocycles. The molecule has 0 aliphatic heterocycles. The van der Waals surface area contributed by atoms with Crippen LogP contribution >= 0.6 is 22.9 Å². The van der Waals surface area contributed by atoms with Crippen molar-refractivity contribution in [3.63, 3.8) is 0 Å². The van der Waals surface area contributed by atoms with Crippen molar-refractivity contribution in [3.05, 3.63) is 76.0 Å². The quantitative estimate of drug-likeness (QED) is 0.674. The van der Waals surface area contributed by atoms with Crippen LogP contribution in [0, 0.1) is 0 Å². The molecule has 0 saturated heterocycles. The average Bonchev–Trinajstić information content (AvgIpc) is 3.25. The van der Waals surface area contributed by atoms with Crippen molar-refractivity contribution in [2.45, 2.75) is 6.61 Å². The second-order valence-corrected chi connectivity index (χ2v) is 6.25. The van der Waals surface area contributed by atoms with Crippen LogP contribution in [-0.4, -0.2) is 11.9 Å². The maximum atomic E-state index is 12.1. The first-order valence-corrected chi connectivity index (χ1v) is 8.18. The molecule has 0 fully saturated rings. The van der Waals surface area contributed by atoms with E-state index in [2.05, 4.69) is 5.32 Å². The van der Waals surface area contributed by atoms with Gasteiger partial charge in [-0.1, -0.05) is 29.8 Å². The Balaban J connectivity index is 1.59. The highest BCUT2D eigenvalue weighted by molar-refractivity contribution is 7.18. The standard InChI is InChI=1S/C17H12ClNO4S/c18-12-5-2-1-4-11(12)10-23-17(21)14-7-8-15(24-14)19-16(20)13-6-3-9-22-13/h1-9H,10H2,(H,19,20). The Morgan fingerprint density at radius 2 is 1.96 bits per heavy atom. The van der Waals surface area contributed by atoms with Gasteiger partial charge in [0.15, 0.2) is 5.76 Å². The Morgan fingerprint density at radius 1 is 1.12 bits per heavy atom. The van der Waals surface area contributed by atoms with Crippen molar-refractivity contribution in [3.8, 4) is 0 Å². The molecule has 2 aromatic heterocycles. The lowest BCUT2D eigenvalue weighted by Gasteiger charge is -2.05. The molecule has 0 aliphatic rings. The molecule has 122 valence electrons. The largest absolute Gasteiger partial charge is 0.459 e. The topological polar surface area (TPSA) is 68.5 Å². The molecule has 0 bridgehead atoms. The number of nitrogens with one attached hydrogen (secondary N) is 1. The molecule has 1 amide bonds. The van der Waals surface area contributed by atoms with Crippen LogP contribution in [0.5, 0.6) is 0 Å². The summed E-state index contributed by atoms with van der Waals surface area (Å²) in [6.07, 6.45) is 1.42. The Morgan fingerprint density at radius 3 is 2.71 bits per heavy atom. The first-order valence-electron chi connectivity index (χ1n) is 6.99. The summed E-state index contributed by atoms with van der Waals surface area (Å²) in [6, 6.07) is 13.6. The minimum Gasteiger partial charge on any atom is -0.459 e.